The number of hydrogen-bond donors (Lipinski definition) is 1. The molecule has 0 spiro atoms. The highest BCUT2D eigenvalue weighted by Crippen LogP contribution is 2.34. The fourth-order valence-electron chi connectivity index (χ4n) is 3.05. The van der Waals surface area contributed by atoms with E-state index in [1.807, 2.05) is 54.6 Å². The van der Waals surface area contributed by atoms with Gasteiger partial charge in [-0.3, -0.25) is 4.99 Å². The van der Waals surface area contributed by atoms with Crippen LogP contribution in [0.5, 0.6) is 0 Å². The highest BCUT2D eigenvalue weighted by Gasteiger charge is 2.35. The van der Waals surface area contributed by atoms with E-state index in [-0.39, 0.29) is 6.04 Å². The fraction of sp³-hybridized carbons (Fsp3) is 0.136. The fourth-order valence-corrected chi connectivity index (χ4v) is 4.05. The maximum absolute atomic E-state index is 13.6. The molecule has 0 radical (unpaired) electrons. The number of hydrogen-bond acceptors (Lipinski definition) is 3. The lowest BCUT2D eigenvalue weighted by molar-refractivity contribution is -0.0901. The topological polar surface area (TPSA) is 24.4 Å². The summed E-state index contributed by atoms with van der Waals surface area (Å²) in [6.07, 6.45) is -3.40. The molecule has 0 saturated heterocycles. The van der Waals surface area contributed by atoms with Crippen molar-refractivity contribution in [2.75, 3.05) is 11.1 Å². The van der Waals surface area contributed by atoms with E-state index >= 15 is 0 Å². The molecule has 0 saturated carbocycles. The van der Waals surface area contributed by atoms with Crippen LogP contribution in [0.1, 0.15) is 11.6 Å². The Hall–Kier alpha value is -2.73. The van der Waals surface area contributed by atoms with Crippen molar-refractivity contribution in [3.8, 4) is 0 Å². The Balaban J connectivity index is 1.61. The van der Waals surface area contributed by atoms with Crippen molar-refractivity contribution in [1.29, 1.82) is 0 Å². The van der Waals surface area contributed by atoms with Gasteiger partial charge in [-0.2, -0.15) is 13.2 Å². The van der Waals surface area contributed by atoms with Crippen LogP contribution in [0.2, 0.25) is 0 Å². The molecule has 1 aliphatic heterocycles. The monoisotopic (exact) mass is 398 g/mol. The van der Waals surface area contributed by atoms with Crippen molar-refractivity contribution in [3.63, 3.8) is 0 Å². The molecule has 1 N–H and O–H groups in total. The molecule has 1 heterocycles. The second-order valence-electron chi connectivity index (χ2n) is 6.45. The van der Waals surface area contributed by atoms with Gasteiger partial charge in [0.15, 0.2) is 0 Å². The Morgan fingerprint density at radius 1 is 0.964 bits per heavy atom. The van der Waals surface area contributed by atoms with Gasteiger partial charge in [-0.15, -0.1) is 11.8 Å². The van der Waals surface area contributed by atoms with Crippen LogP contribution in [0.4, 0.5) is 18.9 Å². The Labute approximate surface area is 165 Å². The van der Waals surface area contributed by atoms with Gasteiger partial charge in [0.25, 0.3) is 0 Å². The van der Waals surface area contributed by atoms with Crippen molar-refractivity contribution in [2.45, 2.75) is 12.2 Å². The number of benzene rings is 3. The molecule has 6 heteroatoms. The molecule has 3 aromatic carbocycles. The molecule has 0 aromatic heterocycles. The number of thioether (sulfide) groups is 1. The van der Waals surface area contributed by atoms with Gasteiger partial charge in [-0.1, -0.05) is 60.7 Å². The first-order valence-corrected chi connectivity index (χ1v) is 9.78. The minimum Gasteiger partial charge on any atom is -0.351 e. The Morgan fingerprint density at radius 3 is 2.43 bits per heavy atom. The van der Waals surface area contributed by atoms with E-state index in [0.29, 0.717) is 16.5 Å². The number of alkyl halides is 3. The zero-order valence-corrected chi connectivity index (χ0v) is 15.6. The Bertz CT molecular complexity index is 1040. The van der Waals surface area contributed by atoms with Crippen molar-refractivity contribution in [3.05, 3.63) is 90.1 Å². The summed E-state index contributed by atoms with van der Waals surface area (Å²) in [5, 5.41) is 4.78. The first-order valence-electron chi connectivity index (χ1n) is 8.79. The van der Waals surface area contributed by atoms with E-state index in [1.165, 1.54) is 11.8 Å². The molecule has 3 aromatic rings. The predicted molar refractivity (Wildman–Crippen MR) is 111 cm³/mol. The molecule has 2 nitrogen and oxygen atoms in total. The molecule has 1 atom stereocenters. The lowest BCUT2D eigenvalue weighted by atomic mass is 10.1. The van der Waals surface area contributed by atoms with E-state index in [2.05, 4.69) is 10.3 Å². The maximum atomic E-state index is 13.6. The summed E-state index contributed by atoms with van der Waals surface area (Å²) in [4.78, 5) is 4.47. The molecular weight excluding hydrogens is 381 g/mol. The van der Waals surface area contributed by atoms with Crippen LogP contribution in [0.3, 0.4) is 0 Å². The first-order chi connectivity index (χ1) is 13.5. The van der Waals surface area contributed by atoms with Gasteiger partial charge in [0.2, 0.25) is 0 Å². The molecule has 28 heavy (non-hydrogen) atoms. The lowest BCUT2D eigenvalue weighted by Crippen LogP contribution is -2.20. The van der Waals surface area contributed by atoms with Gasteiger partial charge in [0.05, 0.1) is 11.1 Å². The van der Waals surface area contributed by atoms with Gasteiger partial charge in [-0.05, 0) is 34.5 Å². The van der Waals surface area contributed by atoms with Gasteiger partial charge >= 0.3 is 6.18 Å². The molecular formula is C22H17F3N2S. The number of rotatable bonds is 4. The number of nitrogens with zero attached hydrogens (tertiary/aromatic N) is 1. The third kappa shape index (κ3) is 4.22. The average molecular weight is 398 g/mol. The molecule has 4 rings (SSSR count). The number of allylic oxidation sites excluding steroid dienone is 1. The van der Waals surface area contributed by atoms with Crippen LogP contribution < -0.4 is 5.32 Å². The number of nitrogens with one attached hydrogen (secondary N) is 1. The summed E-state index contributed by atoms with van der Waals surface area (Å²) < 4.78 is 40.8. The van der Waals surface area contributed by atoms with Crippen molar-refractivity contribution in [1.82, 2.24) is 0 Å². The molecule has 1 unspecified atom stereocenters. The van der Waals surface area contributed by atoms with E-state index in [4.69, 9.17) is 0 Å². The highest BCUT2D eigenvalue weighted by atomic mass is 32.2. The molecule has 0 aliphatic carbocycles. The zero-order chi connectivity index (χ0) is 19.6. The Kier molecular flexibility index (Phi) is 5.13. The number of halogens is 3. The highest BCUT2D eigenvalue weighted by molar-refractivity contribution is 8.14. The van der Waals surface area contributed by atoms with Crippen LogP contribution in [0.25, 0.3) is 10.8 Å². The summed E-state index contributed by atoms with van der Waals surface area (Å²) in [6, 6.07) is 22.2. The largest absolute Gasteiger partial charge is 0.431 e. The van der Waals surface area contributed by atoms with E-state index in [0.717, 1.165) is 22.4 Å². The molecule has 0 bridgehead atoms. The minimum atomic E-state index is -4.50. The quantitative estimate of drug-likeness (QED) is 0.536. The van der Waals surface area contributed by atoms with Crippen LogP contribution >= 0.6 is 11.8 Å². The molecule has 1 aliphatic rings. The first kappa shape index (κ1) is 18.6. The molecule has 142 valence electrons. The maximum Gasteiger partial charge on any atom is 0.431 e. The van der Waals surface area contributed by atoms with E-state index < -0.39 is 11.9 Å². The summed E-state index contributed by atoms with van der Waals surface area (Å²) in [5.74, 6) is 0.636. The SMILES string of the molecule is FC(F)(F)C(=CC1=NC(c2ccccc2)CS1)Nc1ccc2ccccc2c1. The summed E-state index contributed by atoms with van der Waals surface area (Å²) in [6.45, 7) is 0. The zero-order valence-electron chi connectivity index (χ0n) is 14.8. The van der Waals surface area contributed by atoms with Gasteiger partial charge < -0.3 is 5.32 Å². The van der Waals surface area contributed by atoms with Crippen molar-refractivity contribution >= 4 is 33.3 Å². The number of anilines is 1. The second kappa shape index (κ2) is 7.72. The molecule has 0 fully saturated rings. The van der Waals surface area contributed by atoms with Gasteiger partial charge in [-0.25, -0.2) is 0 Å². The third-order valence-electron chi connectivity index (χ3n) is 4.46. The van der Waals surface area contributed by atoms with Gasteiger partial charge in [0, 0.05) is 11.4 Å². The van der Waals surface area contributed by atoms with Gasteiger partial charge in [0.1, 0.15) is 5.70 Å². The summed E-state index contributed by atoms with van der Waals surface area (Å²) in [7, 11) is 0. The van der Waals surface area contributed by atoms with Crippen molar-refractivity contribution in [2.24, 2.45) is 4.99 Å². The normalized spacial score (nSPS) is 17.6. The van der Waals surface area contributed by atoms with Crippen LogP contribution in [0.15, 0.2) is 89.6 Å². The van der Waals surface area contributed by atoms with Crippen LogP contribution in [-0.4, -0.2) is 17.0 Å². The smallest absolute Gasteiger partial charge is 0.351 e. The lowest BCUT2D eigenvalue weighted by Gasteiger charge is -2.15. The second-order valence-corrected chi connectivity index (χ2v) is 7.49. The number of aliphatic imine (C=N–C) groups is 1. The summed E-state index contributed by atoms with van der Waals surface area (Å²) >= 11 is 1.34. The van der Waals surface area contributed by atoms with E-state index in [1.54, 1.807) is 18.2 Å². The predicted octanol–water partition coefficient (Wildman–Crippen LogP) is 6.58. The third-order valence-corrected chi connectivity index (χ3v) is 5.46. The Morgan fingerprint density at radius 2 is 1.68 bits per heavy atom. The van der Waals surface area contributed by atoms with Crippen LogP contribution in [-0.2, 0) is 0 Å². The number of fused-ring (bicyclic) bond motifs is 1. The average Bonchev–Trinajstić information content (AvgIpc) is 3.16. The van der Waals surface area contributed by atoms with Crippen LogP contribution in [0, 0.1) is 0 Å². The standard InChI is InChI=1S/C22H17F3N2S/c23-22(24,25)20(26-18-11-10-15-6-4-5-9-17(15)12-18)13-21-27-19(14-28-21)16-7-2-1-3-8-16/h1-13,19,26H,14H2. The van der Waals surface area contributed by atoms with E-state index in [9.17, 15) is 13.2 Å². The van der Waals surface area contributed by atoms with Crippen molar-refractivity contribution < 1.29 is 13.2 Å². The minimum absolute atomic E-state index is 0.118. The summed E-state index contributed by atoms with van der Waals surface area (Å²) in [5.41, 5.74) is 0.586. The molecule has 0 amide bonds.